The lowest BCUT2D eigenvalue weighted by Crippen LogP contribution is -2.36. The van der Waals surface area contributed by atoms with E-state index in [1.807, 2.05) is 0 Å². The molecule has 3 rings (SSSR count). The molecule has 0 saturated heterocycles. The van der Waals surface area contributed by atoms with Crippen LogP contribution in [0.25, 0.3) is 11.3 Å². The van der Waals surface area contributed by atoms with Gasteiger partial charge in [0.2, 0.25) is 0 Å². The highest BCUT2D eigenvalue weighted by atomic mass is 16.5. The van der Waals surface area contributed by atoms with Crippen LogP contribution in [0.15, 0.2) is 35.1 Å². The summed E-state index contributed by atoms with van der Waals surface area (Å²) < 4.78 is 10.4. The third-order valence-electron chi connectivity index (χ3n) is 4.39. The molecule has 6 nitrogen and oxygen atoms in total. The van der Waals surface area contributed by atoms with E-state index in [0.717, 1.165) is 25.7 Å². The number of benzene rings is 1. The number of hydrogen-bond acceptors (Lipinski definition) is 5. The van der Waals surface area contributed by atoms with Gasteiger partial charge in [-0.2, -0.15) is 0 Å². The third-order valence-corrected chi connectivity index (χ3v) is 4.39. The fourth-order valence-corrected chi connectivity index (χ4v) is 3.17. The Morgan fingerprint density at radius 1 is 1.24 bits per heavy atom. The first-order chi connectivity index (χ1) is 12.2. The Hall–Kier alpha value is -2.63. The van der Waals surface area contributed by atoms with E-state index in [4.69, 9.17) is 9.15 Å². The van der Waals surface area contributed by atoms with Gasteiger partial charge in [0.05, 0.1) is 12.2 Å². The van der Waals surface area contributed by atoms with Crippen LogP contribution in [0.1, 0.15) is 59.9 Å². The van der Waals surface area contributed by atoms with Crippen LogP contribution in [0.4, 0.5) is 0 Å². The van der Waals surface area contributed by atoms with Crippen molar-refractivity contribution in [3.8, 4) is 11.3 Å². The molecular formula is C19H22N2O4. The Balaban J connectivity index is 1.87. The normalized spacial score (nSPS) is 14.9. The summed E-state index contributed by atoms with van der Waals surface area (Å²) in [6.07, 6.45) is 6.71. The molecule has 0 atom stereocenters. The van der Waals surface area contributed by atoms with Crippen LogP contribution >= 0.6 is 0 Å². The van der Waals surface area contributed by atoms with Crippen molar-refractivity contribution < 1.29 is 18.7 Å². The first-order valence-electron chi connectivity index (χ1n) is 8.71. The maximum absolute atomic E-state index is 12.7. The summed E-state index contributed by atoms with van der Waals surface area (Å²) in [5.74, 6) is -0.463. The number of nitrogens with one attached hydrogen (secondary N) is 1. The zero-order valence-electron chi connectivity index (χ0n) is 14.3. The Bertz CT molecular complexity index is 747. The van der Waals surface area contributed by atoms with Gasteiger partial charge in [-0.15, -0.1) is 0 Å². The van der Waals surface area contributed by atoms with E-state index in [2.05, 4.69) is 10.3 Å². The number of nitrogens with zero attached hydrogens (tertiary/aromatic N) is 1. The number of carbonyl (C=O) groups excluding carboxylic acids is 2. The second kappa shape index (κ2) is 7.96. The van der Waals surface area contributed by atoms with Gasteiger partial charge in [0.1, 0.15) is 0 Å². The van der Waals surface area contributed by atoms with Crippen molar-refractivity contribution in [1.29, 1.82) is 0 Å². The van der Waals surface area contributed by atoms with Crippen molar-refractivity contribution in [2.75, 3.05) is 6.61 Å². The molecule has 132 valence electrons. The van der Waals surface area contributed by atoms with Crippen LogP contribution in [0.3, 0.4) is 0 Å². The highest BCUT2D eigenvalue weighted by Crippen LogP contribution is 2.28. The highest BCUT2D eigenvalue weighted by Gasteiger charge is 2.24. The summed E-state index contributed by atoms with van der Waals surface area (Å²) in [7, 11) is 0. The lowest BCUT2D eigenvalue weighted by molar-refractivity contribution is 0.0520. The summed E-state index contributed by atoms with van der Waals surface area (Å²) in [6.45, 7) is 1.97. The number of carbonyl (C=O) groups is 2. The maximum Gasteiger partial charge on any atom is 0.360 e. The molecular weight excluding hydrogens is 320 g/mol. The molecule has 1 aromatic carbocycles. The molecule has 1 aromatic heterocycles. The molecule has 1 aliphatic carbocycles. The fraction of sp³-hybridized carbons (Fsp3) is 0.421. The van der Waals surface area contributed by atoms with Gasteiger partial charge in [-0.3, -0.25) is 4.79 Å². The number of esters is 1. The van der Waals surface area contributed by atoms with Gasteiger partial charge in [0.25, 0.3) is 5.91 Å². The summed E-state index contributed by atoms with van der Waals surface area (Å²) >= 11 is 0. The number of aromatic nitrogens is 1. The lowest BCUT2D eigenvalue weighted by Gasteiger charge is -2.23. The molecule has 0 aliphatic heterocycles. The average molecular weight is 342 g/mol. The van der Waals surface area contributed by atoms with Crippen LogP contribution in [-0.2, 0) is 4.74 Å². The lowest BCUT2D eigenvalue weighted by atomic mass is 9.95. The molecule has 1 heterocycles. The van der Waals surface area contributed by atoms with E-state index in [1.165, 1.54) is 12.8 Å². The van der Waals surface area contributed by atoms with Gasteiger partial charge >= 0.3 is 5.97 Å². The van der Waals surface area contributed by atoms with Crippen LogP contribution in [-0.4, -0.2) is 29.5 Å². The Labute approximate surface area is 146 Å². The van der Waals surface area contributed by atoms with Crippen molar-refractivity contribution >= 4 is 11.9 Å². The molecule has 25 heavy (non-hydrogen) atoms. The number of hydrogen-bond donors (Lipinski definition) is 1. The summed E-state index contributed by atoms with van der Waals surface area (Å²) in [4.78, 5) is 28.8. The van der Waals surface area contributed by atoms with Crippen molar-refractivity contribution in [2.45, 2.75) is 45.1 Å². The molecule has 1 saturated carbocycles. The Morgan fingerprint density at radius 3 is 2.76 bits per heavy atom. The Kier molecular flexibility index (Phi) is 5.48. The molecule has 0 bridgehead atoms. The quantitative estimate of drug-likeness (QED) is 0.840. The number of oxazole rings is 1. The second-order valence-corrected chi connectivity index (χ2v) is 6.10. The van der Waals surface area contributed by atoms with Crippen LogP contribution in [0.2, 0.25) is 0 Å². The van der Waals surface area contributed by atoms with Gasteiger partial charge in [-0.05, 0) is 25.8 Å². The van der Waals surface area contributed by atoms with Crippen molar-refractivity contribution in [2.24, 2.45) is 0 Å². The first-order valence-corrected chi connectivity index (χ1v) is 8.71. The predicted octanol–water partition coefficient (Wildman–Crippen LogP) is 3.58. The van der Waals surface area contributed by atoms with Gasteiger partial charge in [0, 0.05) is 11.6 Å². The molecule has 6 heteroatoms. The van der Waals surface area contributed by atoms with Gasteiger partial charge < -0.3 is 14.5 Å². The van der Waals surface area contributed by atoms with Gasteiger partial charge in [0.15, 0.2) is 17.8 Å². The van der Waals surface area contributed by atoms with Crippen molar-refractivity contribution in [3.05, 3.63) is 41.9 Å². The average Bonchev–Trinajstić information content (AvgIpc) is 3.12. The predicted molar refractivity (Wildman–Crippen MR) is 92.2 cm³/mol. The van der Waals surface area contributed by atoms with Crippen LogP contribution in [0.5, 0.6) is 0 Å². The molecule has 1 fully saturated rings. The zero-order valence-corrected chi connectivity index (χ0v) is 14.3. The first kappa shape index (κ1) is 17.2. The molecule has 1 amide bonds. The fourth-order valence-electron chi connectivity index (χ4n) is 3.17. The monoisotopic (exact) mass is 342 g/mol. The maximum atomic E-state index is 12.7. The van der Waals surface area contributed by atoms with E-state index in [9.17, 15) is 9.59 Å². The summed E-state index contributed by atoms with van der Waals surface area (Å²) in [5, 5.41) is 3.09. The Morgan fingerprint density at radius 2 is 2.00 bits per heavy atom. The SMILES string of the molecule is CCOC(=O)c1ncoc1-c1ccccc1C(=O)NC1CCCCC1. The molecule has 0 radical (unpaired) electrons. The summed E-state index contributed by atoms with van der Waals surface area (Å²) in [5.41, 5.74) is 1.09. The van der Waals surface area contributed by atoms with E-state index in [-0.39, 0.29) is 30.0 Å². The minimum Gasteiger partial charge on any atom is -0.461 e. The van der Waals surface area contributed by atoms with E-state index < -0.39 is 5.97 Å². The molecule has 0 spiro atoms. The van der Waals surface area contributed by atoms with Gasteiger partial charge in [-0.1, -0.05) is 37.5 Å². The third kappa shape index (κ3) is 3.90. The van der Waals surface area contributed by atoms with Crippen molar-refractivity contribution in [1.82, 2.24) is 10.3 Å². The van der Waals surface area contributed by atoms with Crippen molar-refractivity contribution in [3.63, 3.8) is 0 Å². The smallest absolute Gasteiger partial charge is 0.360 e. The number of ether oxygens (including phenoxy) is 1. The molecule has 2 aromatic rings. The van der Waals surface area contributed by atoms with Crippen LogP contribution < -0.4 is 5.32 Å². The summed E-state index contributed by atoms with van der Waals surface area (Å²) in [6, 6.07) is 7.27. The topological polar surface area (TPSA) is 81.4 Å². The van der Waals surface area contributed by atoms with Crippen LogP contribution in [0, 0.1) is 0 Å². The second-order valence-electron chi connectivity index (χ2n) is 6.10. The highest BCUT2D eigenvalue weighted by molar-refractivity contribution is 6.03. The van der Waals surface area contributed by atoms with E-state index in [1.54, 1.807) is 31.2 Å². The molecule has 0 unspecified atom stereocenters. The minimum absolute atomic E-state index is 0.0831. The largest absolute Gasteiger partial charge is 0.461 e. The van der Waals surface area contributed by atoms with E-state index >= 15 is 0 Å². The number of rotatable bonds is 5. The number of amides is 1. The van der Waals surface area contributed by atoms with Gasteiger partial charge in [-0.25, -0.2) is 9.78 Å². The van der Waals surface area contributed by atoms with E-state index in [0.29, 0.717) is 11.1 Å². The minimum atomic E-state index is -0.561. The zero-order chi connectivity index (χ0) is 17.6. The molecule has 1 N–H and O–H groups in total. The standard InChI is InChI=1S/C19H22N2O4/c1-2-24-19(23)16-17(25-12-20-16)14-10-6-7-11-15(14)18(22)21-13-8-4-3-5-9-13/h6-7,10-13H,2-5,8-9H2,1H3,(H,21,22). The molecule has 1 aliphatic rings.